The molecule has 3 heteroatoms. The first-order chi connectivity index (χ1) is 9.70. The molecule has 2 aromatic carbocycles. The molecule has 0 amide bonds. The van der Waals surface area contributed by atoms with Crippen molar-refractivity contribution in [2.75, 3.05) is 6.61 Å². The van der Waals surface area contributed by atoms with Crippen LogP contribution in [0.25, 0.3) is 0 Å². The standard InChI is InChI=1S/C17H20O3/c1-3-12-19-14-8-10-15(11-9-14)20-17-7-5-4-6-16(17)13(2)18/h4-11,13,18H,3,12H2,1-2H3. The van der Waals surface area contributed by atoms with E-state index in [4.69, 9.17) is 9.47 Å². The lowest BCUT2D eigenvalue weighted by atomic mass is 10.1. The molecule has 0 aliphatic heterocycles. The van der Waals surface area contributed by atoms with E-state index in [9.17, 15) is 5.11 Å². The highest BCUT2D eigenvalue weighted by Gasteiger charge is 2.09. The third-order valence-electron chi connectivity index (χ3n) is 2.89. The molecule has 0 fully saturated rings. The number of para-hydroxylation sites is 1. The van der Waals surface area contributed by atoms with E-state index in [1.54, 1.807) is 6.92 Å². The van der Waals surface area contributed by atoms with Crippen molar-refractivity contribution in [2.45, 2.75) is 26.4 Å². The number of hydrogen-bond acceptors (Lipinski definition) is 3. The zero-order chi connectivity index (χ0) is 14.4. The summed E-state index contributed by atoms with van der Waals surface area (Å²) in [7, 11) is 0. The molecule has 0 spiro atoms. The van der Waals surface area contributed by atoms with Crippen LogP contribution in [0.1, 0.15) is 31.9 Å². The quantitative estimate of drug-likeness (QED) is 0.851. The molecule has 0 aliphatic carbocycles. The summed E-state index contributed by atoms with van der Waals surface area (Å²) in [4.78, 5) is 0. The van der Waals surface area contributed by atoms with Gasteiger partial charge in [-0.25, -0.2) is 0 Å². The normalized spacial score (nSPS) is 11.9. The van der Waals surface area contributed by atoms with Crippen molar-refractivity contribution < 1.29 is 14.6 Å². The summed E-state index contributed by atoms with van der Waals surface area (Å²) in [6.07, 6.45) is 0.429. The van der Waals surface area contributed by atoms with Crippen LogP contribution in [0.3, 0.4) is 0 Å². The summed E-state index contributed by atoms with van der Waals surface area (Å²) in [5.74, 6) is 2.23. The molecule has 0 radical (unpaired) electrons. The molecule has 1 unspecified atom stereocenters. The Balaban J connectivity index is 2.10. The minimum Gasteiger partial charge on any atom is -0.494 e. The van der Waals surface area contributed by atoms with Crippen LogP contribution < -0.4 is 9.47 Å². The van der Waals surface area contributed by atoms with Gasteiger partial charge in [-0.05, 0) is 43.7 Å². The first-order valence-corrected chi connectivity index (χ1v) is 6.88. The maximum absolute atomic E-state index is 9.72. The fourth-order valence-electron chi connectivity index (χ4n) is 1.87. The highest BCUT2D eigenvalue weighted by Crippen LogP contribution is 2.30. The molecule has 20 heavy (non-hydrogen) atoms. The molecule has 0 heterocycles. The van der Waals surface area contributed by atoms with Crippen LogP contribution in [-0.2, 0) is 0 Å². The minimum absolute atomic E-state index is 0.557. The molecule has 0 saturated carbocycles. The summed E-state index contributed by atoms with van der Waals surface area (Å²) in [6.45, 7) is 4.51. The predicted molar refractivity (Wildman–Crippen MR) is 79.4 cm³/mol. The fraction of sp³-hybridized carbons (Fsp3) is 0.294. The molecule has 1 N–H and O–H groups in total. The Kier molecular flexibility index (Phi) is 5.02. The Morgan fingerprint density at radius 3 is 2.30 bits per heavy atom. The van der Waals surface area contributed by atoms with Crippen LogP contribution >= 0.6 is 0 Å². The summed E-state index contributed by atoms with van der Waals surface area (Å²) >= 11 is 0. The summed E-state index contributed by atoms with van der Waals surface area (Å²) in [5.41, 5.74) is 0.777. The van der Waals surface area contributed by atoms with Crippen molar-refractivity contribution >= 4 is 0 Å². The van der Waals surface area contributed by atoms with Crippen molar-refractivity contribution in [1.29, 1.82) is 0 Å². The zero-order valence-corrected chi connectivity index (χ0v) is 11.9. The van der Waals surface area contributed by atoms with E-state index < -0.39 is 6.10 Å². The van der Waals surface area contributed by atoms with Gasteiger partial charge in [-0.3, -0.25) is 0 Å². The number of aliphatic hydroxyl groups is 1. The van der Waals surface area contributed by atoms with Crippen molar-refractivity contribution in [1.82, 2.24) is 0 Å². The van der Waals surface area contributed by atoms with Gasteiger partial charge in [0, 0.05) is 5.56 Å². The van der Waals surface area contributed by atoms with Gasteiger partial charge in [-0.2, -0.15) is 0 Å². The lowest BCUT2D eigenvalue weighted by Crippen LogP contribution is -1.96. The van der Waals surface area contributed by atoms with Crippen molar-refractivity contribution in [2.24, 2.45) is 0 Å². The first kappa shape index (κ1) is 14.4. The lowest BCUT2D eigenvalue weighted by Gasteiger charge is -2.13. The van der Waals surface area contributed by atoms with Crippen LogP contribution in [0.4, 0.5) is 0 Å². The van der Waals surface area contributed by atoms with Crippen LogP contribution in [0.2, 0.25) is 0 Å². The van der Waals surface area contributed by atoms with E-state index in [1.807, 2.05) is 48.5 Å². The smallest absolute Gasteiger partial charge is 0.133 e. The highest BCUT2D eigenvalue weighted by atomic mass is 16.5. The molecular weight excluding hydrogens is 252 g/mol. The van der Waals surface area contributed by atoms with E-state index >= 15 is 0 Å². The average Bonchev–Trinajstić information content (AvgIpc) is 2.47. The Morgan fingerprint density at radius 1 is 1.00 bits per heavy atom. The van der Waals surface area contributed by atoms with Gasteiger partial charge in [0.15, 0.2) is 0 Å². The third-order valence-corrected chi connectivity index (χ3v) is 2.89. The molecular formula is C17H20O3. The lowest BCUT2D eigenvalue weighted by molar-refractivity contribution is 0.195. The highest BCUT2D eigenvalue weighted by molar-refractivity contribution is 5.40. The number of rotatable bonds is 6. The molecule has 2 aromatic rings. The number of ether oxygens (including phenoxy) is 2. The van der Waals surface area contributed by atoms with Crippen LogP contribution in [0.5, 0.6) is 17.2 Å². The van der Waals surface area contributed by atoms with Gasteiger partial charge < -0.3 is 14.6 Å². The summed E-state index contributed by atoms with van der Waals surface area (Å²) in [6, 6.07) is 15.0. The van der Waals surface area contributed by atoms with Gasteiger partial charge in [-0.1, -0.05) is 25.1 Å². The SMILES string of the molecule is CCCOc1ccc(Oc2ccccc2C(C)O)cc1. The molecule has 0 aromatic heterocycles. The molecule has 0 saturated heterocycles. The van der Waals surface area contributed by atoms with Gasteiger partial charge >= 0.3 is 0 Å². The summed E-state index contributed by atoms with van der Waals surface area (Å²) in [5, 5.41) is 9.72. The molecule has 0 aliphatic rings. The fourth-order valence-corrected chi connectivity index (χ4v) is 1.87. The second-order valence-electron chi connectivity index (χ2n) is 4.64. The third kappa shape index (κ3) is 3.75. The number of benzene rings is 2. The minimum atomic E-state index is -0.557. The van der Waals surface area contributed by atoms with Crippen molar-refractivity contribution in [3.05, 3.63) is 54.1 Å². The predicted octanol–water partition coefficient (Wildman–Crippen LogP) is 4.32. The molecule has 106 valence electrons. The number of hydrogen-bond donors (Lipinski definition) is 1. The van der Waals surface area contributed by atoms with Gasteiger partial charge in [0.1, 0.15) is 17.2 Å². The Bertz CT molecular complexity index is 532. The van der Waals surface area contributed by atoms with Crippen LogP contribution in [0.15, 0.2) is 48.5 Å². The number of aliphatic hydroxyl groups excluding tert-OH is 1. The van der Waals surface area contributed by atoms with Gasteiger partial charge in [0.2, 0.25) is 0 Å². The van der Waals surface area contributed by atoms with E-state index in [0.29, 0.717) is 12.4 Å². The summed E-state index contributed by atoms with van der Waals surface area (Å²) < 4.78 is 11.3. The van der Waals surface area contributed by atoms with Crippen LogP contribution in [-0.4, -0.2) is 11.7 Å². The van der Waals surface area contributed by atoms with E-state index in [0.717, 1.165) is 23.5 Å². The topological polar surface area (TPSA) is 38.7 Å². The maximum atomic E-state index is 9.72. The van der Waals surface area contributed by atoms with E-state index in [1.165, 1.54) is 0 Å². The zero-order valence-electron chi connectivity index (χ0n) is 11.9. The average molecular weight is 272 g/mol. The second kappa shape index (κ2) is 6.96. The molecule has 1 atom stereocenters. The van der Waals surface area contributed by atoms with Gasteiger partial charge in [0.05, 0.1) is 12.7 Å². The molecule has 0 bridgehead atoms. The van der Waals surface area contributed by atoms with Crippen molar-refractivity contribution in [3.8, 4) is 17.2 Å². The molecule has 2 rings (SSSR count). The van der Waals surface area contributed by atoms with Gasteiger partial charge in [0.25, 0.3) is 0 Å². The molecule has 3 nitrogen and oxygen atoms in total. The maximum Gasteiger partial charge on any atom is 0.133 e. The largest absolute Gasteiger partial charge is 0.494 e. The Hall–Kier alpha value is -2.00. The first-order valence-electron chi connectivity index (χ1n) is 6.88. The van der Waals surface area contributed by atoms with Crippen molar-refractivity contribution in [3.63, 3.8) is 0 Å². The second-order valence-corrected chi connectivity index (χ2v) is 4.64. The Labute approximate surface area is 119 Å². The van der Waals surface area contributed by atoms with E-state index in [-0.39, 0.29) is 0 Å². The monoisotopic (exact) mass is 272 g/mol. The van der Waals surface area contributed by atoms with Gasteiger partial charge in [-0.15, -0.1) is 0 Å². The van der Waals surface area contributed by atoms with Crippen LogP contribution in [0, 0.1) is 0 Å². The Morgan fingerprint density at radius 2 is 1.65 bits per heavy atom. The van der Waals surface area contributed by atoms with E-state index in [2.05, 4.69) is 6.92 Å².